The van der Waals surface area contributed by atoms with Gasteiger partial charge in [0.15, 0.2) is 0 Å². The highest BCUT2D eigenvalue weighted by Gasteiger charge is 2.43. The fourth-order valence-electron chi connectivity index (χ4n) is 6.52. The van der Waals surface area contributed by atoms with E-state index in [0.717, 1.165) is 54.5 Å². The van der Waals surface area contributed by atoms with Crippen LogP contribution in [0.1, 0.15) is 67.2 Å². The summed E-state index contributed by atoms with van der Waals surface area (Å²) in [5, 5.41) is 20.3. The van der Waals surface area contributed by atoms with Gasteiger partial charge in [-0.3, -0.25) is 15.0 Å². The topological polar surface area (TPSA) is 149 Å². The zero-order valence-corrected chi connectivity index (χ0v) is 26.9. The summed E-state index contributed by atoms with van der Waals surface area (Å²) in [7, 11) is 0. The highest BCUT2D eigenvalue weighted by molar-refractivity contribution is 8.00. The largest absolute Gasteiger partial charge is 0.384 e. The minimum atomic E-state index is -0.905. The fraction of sp³-hybridized carbons (Fsp3) is 0.389. The maximum absolute atomic E-state index is 14.2. The van der Waals surface area contributed by atoms with Crippen molar-refractivity contribution in [3.05, 3.63) is 107 Å². The standard InChI is InChI=1S/C36H44N6O3S/c37-33(38)26-19-17-25(18-20-26)23-40-34(44)36(27-11-3-1-4-12-27,28-13-5-2-6-14-28)21-9-10-22-39-31(43)16-8-7-15-30-32-29(24-46-30)41-35(45)42-32/h1-6,11-14,17-20,29-30,32H,7-10,15-16,21-24H2,(H3,37,38)(H,39,43)(H,40,44)(H2,41,42,45)/t29-,30-,32-/m0/s1. The highest BCUT2D eigenvalue weighted by Crippen LogP contribution is 2.38. The van der Waals surface area contributed by atoms with Gasteiger partial charge in [0.2, 0.25) is 11.8 Å². The maximum Gasteiger partial charge on any atom is 0.315 e. The summed E-state index contributed by atoms with van der Waals surface area (Å²) < 4.78 is 0. The molecule has 0 spiro atoms. The minimum Gasteiger partial charge on any atom is -0.384 e. The molecule has 0 radical (unpaired) electrons. The molecule has 9 nitrogen and oxygen atoms in total. The van der Waals surface area contributed by atoms with Crippen LogP contribution in [0.5, 0.6) is 0 Å². The Labute approximate surface area is 275 Å². The lowest BCUT2D eigenvalue weighted by Gasteiger charge is -2.34. The molecule has 10 heteroatoms. The van der Waals surface area contributed by atoms with Crippen molar-refractivity contribution in [3.8, 4) is 0 Å². The number of rotatable bonds is 16. The lowest BCUT2D eigenvalue weighted by molar-refractivity contribution is -0.126. The van der Waals surface area contributed by atoms with Crippen molar-refractivity contribution in [3.63, 3.8) is 0 Å². The van der Waals surface area contributed by atoms with Gasteiger partial charge in [-0.15, -0.1) is 0 Å². The number of carbonyl (C=O) groups is 3. The smallest absolute Gasteiger partial charge is 0.315 e. The Hall–Kier alpha value is -4.31. The van der Waals surface area contributed by atoms with Crippen molar-refractivity contribution in [2.24, 2.45) is 5.73 Å². The molecule has 2 aliphatic rings. The molecule has 7 N–H and O–H groups in total. The first kappa shape index (κ1) is 33.1. The van der Waals surface area contributed by atoms with Crippen molar-refractivity contribution < 1.29 is 14.4 Å². The summed E-state index contributed by atoms with van der Waals surface area (Å²) >= 11 is 1.90. The molecule has 3 aromatic rings. The second-order valence-corrected chi connectivity index (χ2v) is 13.4. The van der Waals surface area contributed by atoms with E-state index in [2.05, 4.69) is 21.3 Å². The number of amides is 4. The van der Waals surface area contributed by atoms with Gasteiger partial charge >= 0.3 is 6.03 Å². The van der Waals surface area contributed by atoms with Gasteiger partial charge < -0.3 is 27.0 Å². The molecule has 3 aromatic carbocycles. The Balaban J connectivity index is 1.15. The number of nitrogen functional groups attached to an aromatic ring is 1. The van der Waals surface area contributed by atoms with Gasteiger partial charge in [-0.25, -0.2) is 4.79 Å². The van der Waals surface area contributed by atoms with Crippen molar-refractivity contribution in [1.29, 1.82) is 5.41 Å². The molecule has 0 unspecified atom stereocenters. The summed E-state index contributed by atoms with van der Waals surface area (Å²) in [6.07, 6.45) is 5.34. The average Bonchev–Trinajstić information content (AvgIpc) is 3.63. The van der Waals surface area contributed by atoms with E-state index in [1.807, 2.05) is 84.6 Å². The van der Waals surface area contributed by atoms with E-state index in [9.17, 15) is 14.4 Å². The first-order chi connectivity index (χ1) is 22.4. The van der Waals surface area contributed by atoms with E-state index in [4.69, 9.17) is 11.1 Å². The van der Waals surface area contributed by atoms with Crippen LogP contribution in [-0.4, -0.2) is 53.3 Å². The van der Waals surface area contributed by atoms with Crippen molar-refractivity contribution >= 4 is 35.4 Å². The summed E-state index contributed by atoms with van der Waals surface area (Å²) in [5.74, 6) is 0.930. The number of thioether (sulfide) groups is 1. The van der Waals surface area contributed by atoms with Crippen molar-refractivity contribution in [2.75, 3.05) is 12.3 Å². The molecule has 2 saturated heterocycles. The molecule has 2 heterocycles. The number of carbonyl (C=O) groups excluding carboxylic acids is 3. The Morgan fingerprint density at radius 3 is 2.20 bits per heavy atom. The van der Waals surface area contributed by atoms with Crippen molar-refractivity contribution in [1.82, 2.24) is 21.3 Å². The molecule has 0 bridgehead atoms. The number of hydrogen-bond acceptors (Lipinski definition) is 5. The van der Waals surface area contributed by atoms with Crippen LogP contribution in [-0.2, 0) is 21.5 Å². The zero-order chi connectivity index (χ0) is 32.4. The predicted molar refractivity (Wildman–Crippen MR) is 184 cm³/mol. The Morgan fingerprint density at radius 1 is 0.870 bits per heavy atom. The van der Waals surface area contributed by atoms with Gasteiger partial charge in [0.05, 0.1) is 17.5 Å². The maximum atomic E-state index is 14.2. The molecule has 0 aromatic heterocycles. The lowest BCUT2D eigenvalue weighted by atomic mass is 9.70. The number of nitrogens with two attached hydrogens (primary N) is 1. The molecule has 242 valence electrons. The molecule has 0 aliphatic carbocycles. The van der Waals surface area contributed by atoms with Gasteiger partial charge in [-0.05, 0) is 48.8 Å². The van der Waals surface area contributed by atoms with E-state index in [-0.39, 0.29) is 35.8 Å². The molecule has 2 fully saturated rings. The first-order valence-electron chi connectivity index (χ1n) is 16.1. The summed E-state index contributed by atoms with van der Waals surface area (Å²) in [6, 6.07) is 27.5. The molecule has 3 atom stereocenters. The van der Waals surface area contributed by atoms with Gasteiger partial charge in [-0.2, -0.15) is 11.8 Å². The molecule has 46 heavy (non-hydrogen) atoms. The second-order valence-electron chi connectivity index (χ2n) is 12.1. The van der Waals surface area contributed by atoms with Crippen LogP contribution in [0.4, 0.5) is 4.79 Å². The number of amidine groups is 1. The van der Waals surface area contributed by atoms with Gasteiger partial charge in [0, 0.05) is 36.1 Å². The average molecular weight is 641 g/mol. The molecule has 2 aliphatic heterocycles. The van der Waals surface area contributed by atoms with Gasteiger partial charge in [-0.1, -0.05) is 91.3 Å². The minimum absolute atomic E-state index is 0.00895. The Bertz CT molecular complexity index is 1450. The van der Waals surface area contributed by atoms with E-state index < -0.39 is 5.41 Å². The summed E-state index contributed by atoms with van der Waals surface area (Å²) in [4.78, 5) is 38.4. The Morgan fingerprint density at radius 2 is 1.54 bits per heavy atom. The third kappa shape index (κ3) is 8.09. The van der Waals surface area contributed by atoms with E-state index in [1.165, 1.54) is 0 Å². The van der Waals surface area contributed by atoms with Crippen LogP contribution in [0.15, 0.2) is 84.9 Å². The van der Waals surface area contributed by atoms with Crippen LogP contribution in [0.3, 0.4) is 0 Å². The van der Waals surface area contributed by atoms with Gasteiger partial charge in [0.1, 0.15) is 5.84 Å². The number of unbranched alkanes of at least 4 members (excludes halogenated alkanes) is 2. The van der Waals surface area contributed by atoms with Crippen LogP contribution in [0.2, 0.25) is 0 Å². The fourth-order valence-corrected chi connectivity index (χ4v) is 8.06. The van der Waals surface area contributed by atoms with Crippen LogP contribution in [0, 0.1) is 5.41 Å². The predicted octanol–water partition coefficient (Wildman–Crippen LogP) is 4.59. The summed E-state index contributed by atoms with van der Waals surface area (Å²) in [5.41, 5.74) is 8.11. The normalized spacial score (nSPS) is 18.7. The molecule has 0 saturated carbocycles. The summed E-state index contributed by atoms with van der Waals surface area (Å²) in [6.45, 7) is 0.906. The van der Waals surface area contributed by atoms with Crippen LogP contribution >= 0.6 is 11.8 Å². The van der Waals surface area contributed by atoms with E-state index >= 15 is 0 Å². The van der Waals surface area contributed by atoms with E-state index in [1.54, 1.807) is 12.1 Å². The molecule has 5 rings (SSSR count). The number of fused-ring (bicyclic) bond motifs is 1. The van der Waals surface area contributed by atoms with Crippen LogP contribution in [0.25, 0.3) is 0 Å². The number of nitrogens with one attached hydrogen (secondary N) is 5. The number of hydrogen-bond donors (Lipinski definition) is 6. The van der Waals surface area contributed by atoms with Crippen molar-refractivity contribution in [2.45, 2.75) is 74.2 Å². The second kappa shape index (κ2) is 15.8. The SMILES string of the molecule is N=C(N)c1ccc(CNC(=O)C(CCCCNC(=O)CCCC[C@@H]2SC[C@@H]3NC(=O)N[C@@H]32)(c2ccccc2)c2ccccc2)cc1. The molecular formula is C36H44N6O3S. The quantitative estimate of drug-likeness (QED) is 0.0587. The molecular weight excluding hydrogens is 597 g/mol. The Kier molecular flexibility index (Phi) is 11.4. The lowest BCUT2D eigenvalue weighted by Crippen LogP contribution is -2.45. The third-order valence-electron chi connectivity index (χ3n) is 9.02. The first-order valence-corrected chi connectivity index (χ1v) is 17.2. The monoisotopic (exact) mass is 640 g/mol. The molecule has 4 amide bonds. The third-order valence-corrected chi connectivity index (χ3v) is 10.5. The van der Waals surface area contributed by atoms with E-state index in [0.29, 0.717) is 36.7 Å². The van der Waals surface area contributed by atoms with Gasteiger partial charge in [0.25, 0.3) is 0 Å². The highest BCUT2D eigenvalue weighted by atomic mass is 32.2. The number of urea groups is 1. The van der Waals surface area contributed by atoms with Crippen LogP contribution < -0.4 is 27.0 Å². The zero-order valence-electron chi connectivity index (χ0n) is 26.1. The number of benzene rings is 3.